The number of thioether (sulfide) groups is 1. The number of aliphatic carboxylic acids is 1. The third kappa shape index (κ3) is 3.33. The van der Waals surface area contributed by atoms with Crippen molar-refractivity contribution < 1.29 is 14.3 Å². The molecule has 1 aromatic carbocycles. The van der Waals surface area contributed by atoms with Gasteiger partial charge < -0.3 is 9.52 Å². The first-order valence-electron chi connectivity index (χ1n) is 5.34. The molecule has 0 bridgehead atoms. The molecule has 0 spiro atoms. The zero-order valence-corrected chi connectivity index (χ0v) is 10.6. The first-order chi connectivity index (χ1) is 8.65. The zero-order chi connectivity index (χ0) is 13.0. The Morgan fingerprint density at radius 3 is 2.72 bits per heavy atom. The van der Waals surface area contributed by atoms with Crippen molar-refractivity contribution in [1.82, 2.24) is 10.2 Å². The lowest BCUT2D eigenvalue weighted by Crippen LogP contribution is -1.98. The predicted octanol–water partition coefficient (Wildman–Crippen LogP) is 2.36. The highest BCUT2D eigenvalue weighted by Crippen LogP contribution is 2.20. The number of hydrogen-bond acceptors (Lipinski definition) is 5. The van der Waals surface area contributed by atoms with Crippen LogP contribution in [0.3, 0.4) is 0 Å². The smallest absolute Gasteiger partial charge is 0.313 e. The molecule has 0 aliphatic rings. The fourth-order valence-corrected chi connectivity index (χ4v) is 1.92. The number of aromatic nitrogens is 2. The lowest BCUT2D eigenvalue weighted by Gasteiger charge is -1.95. The fraction of sp³-hybridized carbons (Fsp3) is 0.250. The molecule has 18 heavy (non-hydrogen) atoms. The molecule has 5 nitrogen and oxygen atoms in total. The van der Waals surface area contributed by atoms with Crippen LogP contribution >= 0.6 is 11.8 Å². The van der Waals surface area contributed by atoms with Crippen LogP contribution in [0.5, 0.6) is 0 Å². The molecule has 0 unspecified atom stereocenters. The normalized spacial score (nSPS) is 10.5. The third-order valence-electron chi connectivity index (χ3n) is 2.22. The maximum Gasteiger partial charge on any atom is 0.313 e. The average Bonchev–Trinajstić information content (AvgIpc) is 2.78. The number of carbonyl (C=O) groups is 1. The molecule has 0 saturated heterocycles. The summed E-state index contributed by atoms with van der Waals surface area (Å²) in [5.74, 6) is 0.490. The fourth-order valence-electron chi connectivity index (χ4n) is 1.35. The quantitative estimate of drug-likeness (QED) is 0.893. The van der Waals surface area contributed by atoms with Gasteiger partial charge in [0.15, 0.2) is 0 Å². The molecule has 0 aliphatic heterocycles. The van der Waals surface area contributed by atoms with Crippen LogP contribution < -0.4 is 0 Å². The minimum atomic E-state index is -0.849. The maximum absolute atomic E-state index is 10.4. The van der Waals surface area contributed by atoms with Crippen molar-refractivity contribution in [2.75, 3.05) is 5.75 Å². The van der Waals surface area contributed by atoms with Crippen molar-refractivity contribution in [3.8, 4) is 11.5 Å². The number of rotatable bonds is 5. The van der Waals surface area contributed by atoms with Gasteiger partial charge in [-0.15, -0.1) is 22.0 Å². The Hall–Kier alpha value is -1.82. The Kier molecular flexibility index (Phi) is 3.99. The Labute approximate surface area is 108 Å². The van der Waals surface area contributed by atoms with Crippen molar-refractivity contribution in [3.63, 3.8) is 0 Å². The van der Waals surface area contributed by atoms with Gasteiger partial charge in [-0.25, -0.2) is 0 Å². The minimum absolute atomic E-state index is 0.0300. The SMILES string of the molecule is Cc1ccc(-c2nnc(CSCC(=O)O)o2)cc1. The maximum atomic E-state index is 10.4. The van der Waals surface area contributed by atoms with Crippen LogP contribution in [0.15, 0.2) is 28.7 Å². The van der Waals surface area contributed by atoms with Crippen LogP contribution in [0, 0.1) is 6.92 Å². The van der Waals surface area contributed by atoms with Crippen molar-refractivity contribution >= 4 is 17.7 Å². The Morgan fingerprint density at radius 1 is 1.33 bits per heavy atom. The average molecular weight is 264 g/mol. The largest absolute Gasteiger partial charge is 0.481 e. The molecule has 1 aromatic heterocycles. The van der Waals surface area contributed by atoms with Crippen LogP contribution in [0.1, 0.15) is 11.5 Å². The molecule has 0 aliphatic carbocycles. The van der Waals surface area contributed by atoms with Crippen LogP contribution in [0.2, 0.25) is 0 Å². The Bertz CT molecular complexity index is 537. The Balaban J connectivity index is 2.01. The van der Waals surface area contributed by atoms with Crippen molar-refractivity contribution in [2.24, 2.45) is 0 Å². The molecule has 0 radical (unpaired) electrons. The summed E-state index contributed by atoms with van der Waals surface area (Å²) in [7, 11) is 0. The predicted molar refractivity (Wildman–Crippen MR) is 68.3 cm³/mol. The van der Waals surface area contributed by atoms with Crippen molar-refractivity contribution in [3.05, 3.63) is 35.7 Å². The van der Waals surface area contributed by atoms with E-state index in [1.54, 1.807) is 0 Å². The number of nitrogens with zero attached hydrogens (tertiary/aromatic N) is 2. The van der Waals surface area contributed by atoms with E-state index in [1.165, 1.54) is 11.8 Å². The molecule has 2 aromatic rings. The molecule has 0 fully saturated rings. The second-order valence-electron chi connectivity index (χ2n) is 3.75. The van der Waals surface area contributed by atoms with E-state index in [0.29, 0.717) is 17.5 Å². The zero-order valence-electron chi connectivity index (χ0n) is 9.79. The van der Waals surface area contributed by atoms with Gasteiger partial charge in [0.2, 0.25) is 11.8 Å². The summed E-state index contributed by atoms with van der Waals surface area (Å²) in [4.78, 5) is 10.4. The highest BCUT2D eigenvalue weighted by molar-refractivity contribution is 7.99. The highest BCUT2D eigenvalue weighted by Gasteiger charge is 2.08. The van der Waals surface area contributed by atoms with Gasteiger partial charge in [-0.2, -0.15) is 0 Å². The molecule has 0 saturated carbocycles. The minimum Gasteiger partial charge on any atom is -0.481 e. The van der Waals surface area contributed by atoms with E-state index < -0.39 is 5.97 Å². The molecule has 0 atom stereocenters. The molecule has 2 rings (SSSR count). The number of carboxylic acids is 1. The van der Waals surface area contributed by atoms with Crippen LogP contribution in [0.4, 0.5) is 0 Å². The highest BCUT2D eigenvalue weighted by atomic mass is 32.2. The summed E-state index contributed by atoms with van der Waals surface area (Å²) in [6, 6.07) is 7.77. The molecule has 6 heteroatoms. The molecule has 1 N–H and O–H groups in total. The second-order valence-corrected chi connectivity index (χ2v) is 4.74. The van der Waals surface area contributed by atoms with Gasteiger partial charge in [0.05, 0.1) is 11.5 Å². The summed E-state index contributed by atoms with van der Waals surface area (Å²) in [5, 5.41) is 16.3. The van der Waals surface area contributed by atoms with Crippen LogP contribution in [-0.4, -0.2) is 27.0 Å². The molecular formula is C12H12N2O3S. The summed E-state index contributed by atoms with van der Waals surface area (Å²) >= 11 is 1.23. The third-order valence-corrected chi connectivity index (χ3v) is 3.12. The van der Waals surface area contributed by atoms with Crippen molar-refractivity contribution in [1.29, 1.82) is 0 Å². The standard InChI is InChI=1S/C12H12N2O3S/c1-8-2-4-9(5-3-8)12-14-13-10(17-12)6-18-7-11(15)16/h2-5H,6-7H2,1H3,(H,15,16). The van der Waals surface area contributed by atoms with E-state index in [0.717, 1.165) is 11.1 Å². The molecule has 1 heterocycles. The van der Waals surface area contributed by atoms with Gasteiger partial charge in [-0.05, 0) is 19.1 Å². The van der Waals surface area contributed by atoms with Gasteiger partial charge in [0, 0.05) is 5.56 Å². The Morgan fingerprint density at radius 2 is 2.06 bits per heavy atom. The summed E-state index contributed by atoms with van der Waals surface area (Å²) in [5.41, 5.74) is 2.03. The number of benzene rings is 1. The topological polar surface area (TPSA) is 76.2 Å². The lowest BCUT2D eigenvalue weighted by molar-refractivity contribution is -0.133. The van der Waals surface area contributed by atoms with Crippen LogP contribution in [0.25, 0.3) is 11.5 Å². The number of carboxylic acid groups (broad SMARTS) is 1. The lowest BCUT2D eigenvalue weighted by atomic mass is 10.1. The first kappa shape index (κ1) is 12.6. The van der Waals surface area contributed by atoms with Crippen molar-refractivity contribution in [2.45, 2.75) is 12.7 Å². The van der Waals surface area contributed by atoms with Gasteiger partial charge in [0.25, 0.3) is 0 Å². The second kappa shape index (κ2) is 5.68. The van der Waals surface area contributed by atoms with E-state index in [9.17, 15) is 4.79 Å². The van der Waals surface area contributed by atoms with E-state index >= 15 is 0 Å². The van der Waals surface area contributed by atoms with E-state index in [1.807, 2.05) is 31.2 Å². The molecular weight excluding hydrogens is 252 g/mol. The number of aryl methyl sites for hydroxylation is 1. The van der Waals surface area contributed by atoms with Gasteiger partial charge >= 0.3 is 5.97 Å². The molecule has 94 valence electrons. The van der Waals surface area contributed by atoms with Gasteiger partial charge in [0.1, 0.15) is 0 Å². The number of hydrogen-bond donors (Lipinski definition) is 1. The molecule has 0 amide bonds. The van der Waals surface area contributed by atoms with E-state index in [2.05, 4.69) is 10.2 Å². The first-order valence-corrected chi connectivity index (χ1v) is 6.49. The van der Waals surface area contributed by atoms with E-state index in [-0.39, 0.29) is 5.75 Å². The van der Waals surface area contributed by atoms with Gasteiger partial charge in [-0.1, -0.05) is 17.7 Å². The monoisotopic (exact) mass is 264 g/mol. The summed E-state index contributed by atoms with van der Waals surface area (Å²) < 4.78 is 5.46. The summed E-state index contributed by atoms with van der Waals surface area (Å²) in [6.07, 6.45) is 0. The summed E-state index contributed by atoms with van der Waals surface area (Å²) in [6.45, 7) is 2.01. The van der Waals surface area contributed by atoms with Crippen LogP contribution in [-0.2, 0) is 10.5 Å². The van der Waals surface area contributed by atoms with Gasteiger partial charge in [-0.3, -0.25) is 4.79 Å². The van der Waals surface area contributed by atoms with E-state index in [4.69, 9.17) is 9.52 Å².